The van der Waals surface area contributed by atoms with Crippen LogP contribution in [0.25, 0.3) is 0 Å². The van der Waals surface area contributed by atoms with Gasteiger partial charge >= 0.3 is 0 Å². The van der Waals surface area contributed by atoms with E-state index in [-0.39, 0.29) is 10.8 Å². The molecule has 2 aliphatic rings. The quantitative estimate of drug-likeness (QED) is 0.605. The maximum absolute atomic E-state index is 13.2. The number of piperazine rings is 1. The molecule has 0 radical (unpaired) electrons. The first-order valence-electron chi connectivity index (χ1n) is 12.8. The molecule has 0 atom stereocenters. The zero-order valence-corrected chi connectivity index (χ0v) is 21.8. The number of nitrogens with one attached hydrogen (secondary N) is 1. The molecule has 2 fully saturated rings. The van der Waals surface area contributed by atoms with E-state index < -0.39 is 10.0 Å². The van der Waals surface area contributed by atoms with Gasteiger partial charge in [0.05, 0.1) is 4.90 Å². The molecular weight excluding hydrogens is 460 g/mol. The second-order valence-corrected chi connectivity index (χ2v) is 11.5. The molecule has 0 spiro atoms. The molecule has 2 aromatic carbocycles. The summed E-state index contributed by atoms with van der Waals surface area (Å²) in [6, 6.07) is 13.2. The Balaban J connectivity index is 1.43. The fourth-order valence-electron chi connectivity index (χ4n) is 4.93. The van der Waals surface area contributed by atoms with E-state index in [2.05, 4.69) is 34.2 Å². The van der Waals surface area contributed by atoms with Crippen molar-refractivity contribution >= 4 is 15.9 Å². The van der Waals surface area contributed by atoms with Gasteiger partial charge in [-0.25, -0.2) is 8.42 Å². The van der Waals surface area contributed by atoms with Crippen molar-refractivity contribution in [2.45, 2.75) is 51.1 Å². The number of rotatable bonds is 8. The molecule has 4 rings (SSSR count). The lowest BCUT2D eigenvalue weighted by molar-refractivity contribution is 0.0950. The normalized spacial score (nSPS) is 18.5. The van der Waals surface area contributed by atoms with Crippen molar-refractivity contribution in [3.8, 4) is 0 Å². The Morgan fingerprint density at radius 1 is 0.886 bits per heavy atom. The molecule has 1 amide bonds. The van der Waals surface area contributed by atoms with Crippen LogP contribution in [0, 0.1) is 6.92 Å². The van der Waals surface area contributed by atoms with Crippen LogP contribution in [0.1, 0.15) is 53.2 Å². The molecule has 35 heavy (non-hydrogen) atoms. The summed E-state index contributed by atoms with van der Waals surface area (Å²) in [4.78, 5) is 18.2. The van der Waals surface area contributed by atoms with Gasteiger partial charge in [0.15, 0.2) is 0 Å². The lowest BCUT2D eigenvalue weighted by Gasteiger charge is -2.34. The molecule has 8 heteroatoms. The van der Waals surface area contributed by atoms with E-state index in [1.807, 2.05) is 12.1 Å². The average molecular weight is 499 g/mol. The number of hydrogen-bond donors (Lipinski definition) is 1. The predicted octanol–water partition coefficient (Wildman–Crippen LogP) is 3.24. The Hall–Kier alpha value is -2.26. The average Bonchev–Trinajstić information content (AvgIpc) is 2.89. The topological polar surface area (TPSA) is 73.0 Å². The largest absolute Gasteiger partial charge is 0.348 e. The maximum atomic E-state index is 13.2. The van der Waals surface area contributed by atoms with E-state index in [4.69, 9.17) is 0 Å². The predicted molar refractivity (Wildman–Crippen MR) is 139 cm³/mol. The first kappa shape index (κ1) is 25.8. The van der Waals surface area contributed by atoms with Gasteiger partial charge in [0, 0.05) is 57.9 Å². The summed E-state index contributed by atoms with van der Waals surface area (Å²) >= 11 is 0. The molecule has 0 unspecified atom stereocenters. The van der Waals surface area contributed by atoms with Crippen LogP contribution in [0.5, 0.6) is 0 Å². The third-order valence-electron chi connectivity index (χ3n) is 7.25. The number of amides is 1. The van der Waals surface area contributed by atoms with Crippen molar-refractivity contribution in [1.82, 2.24) is 19.4 Å². The second kappa shape index (κ2) is 11.6. The van der Waals surface area contributed by atoms with Gasteiger partial charge in [-0.3, -0.25) is 9.69 Å². The van der Waals surface area contributed by atoms with Crippen molar-refractivity contribution in [2.24, 2.45) is 0 Å². The van der Waals surface area contributed by atoms with E-state index >= 15 is 0 Å². The Morgan fingerprint density at radius 3 is 2.23 bits per heavy atom. The molecule has 190 valence electrons. The molecule has 2 aliphatic heterocycles. The van der Waals surface area contributed by atoms with Crippen LogP contribution in [-0.4, -0.2) is 74.2 Å². The minimum absolute atomic E-state index is 0.235. The third kappa shape index (κ3) is 6.30. The number of piperidine rings is 1. The lowest BCUT2D eigenvalue weighted by Crippen LogP contribution is -2.45. The van der Waals surface area contributed by atoms with Gasteiger partial charge in [0.2, 0.25) is 10.0 Å². The zero-order chi connectivity index (χ0) is 24.8. The number of carbonyl (C=O) groups excluding carboxylic acids is 1. The lowest BCUT2D eigenvalue weighted by atomic mass is 10.1. The molecule has 7 nitrogen and oxygen atoms in total. The van der Waals surface area contributed by atoms with Crippen LogP contribution < -0.4 is 5.32 Å². The molecule has 0 aliphatic carbocycles. The van der Waals surface area contributed by atoms with Gasteiger partial charge in [-0.05, 0) is 55.1 Å². The summed E-state index contributed by atoms with van der Waals surface area (Å²) < 4.78 is 28.0. The molecule has 0 aromatic heterocycles. The second-order valence-electron chi connectivity index (χ2n) is 9.61. The third-order valence-corrected chi connectivity index (χ3v) is 9.29. The Labute approximate surface area is 210 Å². The van der Waals surface area contributed by atoms with Gasteiger partial charge in [-0.15, -0.1) is 0 Å². The Morgan fingerprint density at radius 2 is 1.54 bits per heavy atom. The molecule has 2 aromatic rings. The molecule has 1 N–H and O–H groups in total. The first-order valence-corrected chi connectivity index (χ1v) is 14.2. The van der Waals surface area contributed by atoms with Crippen LogP contribution in [-0.2, 0) is 23.1 Å². The summed E-state index contributed by atoms with van der Waals surface area (Å²) in [6.45, 7) is 11.7. The molecule has 2 heterocycles. The van der Waals surface area contributed by atoms with Gasteiger partial charge in [-0.1, -0.05) is 43.7 Å². The fourth-order valence-corrected chi connectivity index (χ4v) is 6.70. The van der Waals surface area contributed by atoms with E-state index in [1.54, 1.807) is 23.4 Å². The monoisotopic (exact) mass is 498 g/mol. The first-order chi connectivity index (χ1) is 16.9. The fraction of sp³-hybridized carbons (Fsp3) is 0.519. The Kier molecular flexibility index (Phi) is 8.59. The van der Waals surface area contributed by atoms with Gasteiger partial charge in [-0.2, -0.15) is 4.31 Å². The van der Waals surface area contributed by atoms with E-state index in [0.717, 1.165) is 64.1 Å². The highest BCUT2D eigenvalue weighted by Crippen LogP contribution is 2.24. The maximum Gasteiger partial charge on any atom is 0.251 e. The number of hydrogen-bond acceptors (Lipinski definition) is 5. The molecule has 0 bridgehead atoms. The minimum Gasteiger partial charge on any atom is -0.348 e. The van der Waals surface area contributed by atoms with Crippen molar-refractivity contribution in [3.05, 3.63) is 64.7 Å². The highest BCUT2D eigenvalue weighted by Gasteiger charge is 2.28. The van der Waals surface area contributed by atoms with Crippen molar-refractivity contribution in [3.63, 3.8) is 0 Å². The molecule has 0 saturated carbocycles. The van der Waals surface area contributed by atoms with Crippen LogP contribution in [0.15, 0.2) is 47.4 Å². The zero-order valence-electron chi connectivity index (χ0n) is 21.0. The van der Waals surface area contributed by atoms with Crippen LogP contribution >= 0.6 is 0 Å². The number of aryl methyl sites for hydroxylation is 1. The van der Waals surface area contributed by atoms with Crippen molar-refractivity contribution in [1.29, 1.82) is 0 Å². The standard InChI is InChI=1S/C27H38N4O3S/c1-3-29-15-17-30(18-16-29)21-25-10-6-5-9-24(25)20-28-27(32)23-12-11-22(2)26(19-23)35(33,34)31-13-7-4-8-14-31/h5-6,9-12,19H,3-4,7-8,13-18,20-21H2,1-2H3,(H,28,32). The SMILES string of the molecule is CCN1CCN(Cc2ccccc2CNC(=O)c2ccc(C)c(S(=O)(=O)N3CCCCC3)c2)CC1. The number of sulfonamides is 1. The smallest absolute Gasteiger partial charge is 0.251 e. The Bertz CT molecular complexity index is 1120. The summed E-state index contributed by atoms with van der Waals surface area (Å²) in [5.74, 6) is -0.258. The van der Waals surface area contributed by atoms with Gasteiger partial charge < -0.3 is 10.2 Å². The van der Waals surface area contributed by atoms with Gasteiger partial charge in [0.1, 0.15) is 0 Å². The minimum atomic E-state index is -3.60. The molecule has 2 saturated heterocycles. The number of nitrogens with zero attached hydrogens (tertiary/aromatic N) is 3. The summed E-state index contributed by atoms with van der Waals surface area (Å²) in [7, 11) is -3.60. The van der Waals surface area contributed by atoms with E-state index in [1.165, 1.54) is 11.6 Å². The highest BCUT2D eigenvalue weighted by atomic mass is 32.2. The summed E-state index contributed by atoms with van der Waals surface area (Å²) in [6.07, 6.45) is 2.82. The van der Waals surface area contributed by atoms with E-state index in [0.29, 0.717) is 30.8 Å². The van der Waals surface area contributed by atoms with E-state index in [9.17, 15) is 13.2 Å². The van der Waals surface area contributed by atoms with Gasteiger partial charge in [0.25, 0.3) is 5.91 Å². The summed E-state index contributed by atoms with van der Waals surface area (Å²) in [5, 5.41) is 3.01. The van der Waals surface area contributed by atoms with Crippen LogP contribution in [0.4, 0.5) is 0 Å². The molecular formula is C27H38N4O3S. The highest BCUT2D eigenvalue weighted by molar-refractivity contribution is 7.89. The number of benzene rings is 2. The summed E-state index contributed by atoms with van der Waals surface area (Å²) in [5.41, 5.74) is 3.35. The number of likely N-dealkylation sites (N-methyl/N-ethyl adjacent to an activating group) is 1. The van der Waals surface area contributed by atoms with Crippen molar-refractivity contribution in [2.75, 3.05) is 45.8 Å². The van der Waals surface area contributed by atoms with Crippen LogP contribution in [0.2, 0.25) is 0 Å². The van der Waals surface area contributed by atoms with Crippen LogP contribution in [0.3, 0.4) is 0 Å². The number of carbonyl (C=O) groups is 1. The van der Waals surface area contributed by atoms with Crippen molar-refractivity contribution < 1.29 is 13.2 Å².